The van der Waals surface area contributed by atoms with E-state index in [1.807, 2.05) is 0 Å². The summed E-state index contributed by atoms with van der Waals surface area (Å²) >= 11 is 0. The smallest absolute Gasteiger partial charge is 0.358 e. The fraction of sp³-hybridized carbons (Fsp3) is 0.692. The third-order valence-corrected chi connectivity index (χ3v) is 3.76. The first-order valence-corrected chi connectivity index (χ1v) is 6.46. The molecule has 0 amide bonds. The lowest BCUT2D eigenvalue weighted by Crippen LogP contribution is -2.10. The van der Waals surface area contributed by atoms with Crippen molar-refractivity contribution in [2.24, 2.45) is 5.92 Å². The van der Waals surface area contributed by atoms with Crippen LogP contribution in [0.4, 0.5) is 0 Å². The molecule has 4 nitrogen and oxygen atoms in total. The van der Waals surface area contributed by atoms with Gasteiger partial charge in [0.05, 0.1) is 7.11 Å². The summed E-state index contributed by atoms with van der Waals surface area (Å²) in [6, 6.07) is 0. The predicted octanol–water partition coefficient (Wildman–Crippen LogP) is 1.96. The van der Waals surface area contributed by atoms with E-state index in [1.165, 1.54) is 32.1 Å². The minimum Gasteiger partial charge on any atom is -0.464 e. The molecule has 2 aliphatic rings. The first-order chi connectivity index (χ1) is 8.29. The average Bonchev–Trinajstić information content (AvgIpc) is 3.10. The van der Waals surface area contributed by atoms with Crippen molar-refractivity contribution in [1.82, 2.24) is 9.78 Å². The van der Waals surface area contributed by atoms with Crippen molar-refractivity contribution in [3.05, 3.63) is 17.0 Å². The third kappa shape index (κ3) is 1.96. The summed E-state index contributed by atoms with van der Waals surface area (Å²) in [6.07, 6.45) is 7.02. The standard InChI is InChI=1S/C13H18N2O2/c1-17-13(16)12-10-4-2-3-5-11(10)15(14-12)8-9-6-7-9/h9H,2-8H2,1H3. The molecule has 1 aromatic rings. The highest BCUT2D eigenvalue weighted by molar-refractivity contribution is 5.89. The molecule has 1 heterocycles. The largest absolute Gasteiger partial charge is 0.464 e. The van der Waals surface area contributed by atoms with Crippen molar-refractivity contribution >= 4 is 5.97 Å². The Balaban J connectivity index is 1.97. The Morgan fingerprint density at radius 1 is 1.41 bits per heavy atom. The molecule has 4 heteroatoms. The van der Waals surface area contributed by atoms with Crippen LogP contribution in [0.3, 0.4) is 0 Å². The number of aromatic nitrogens is 2. The quantitative estimate of drug-likeness (QED) is 0.751. The normalized spacial score (nSPS) is 18.9. The van der Waals surface area contributed by atoms with Gasteiger partial charge in [-0.15, -0.1) is 0 Å². The van der Waals surface area contributed by atoms with Gasteiger partial charge in [-0.25, -0.2) is 4.79 Å². The lowest BCUT2D eigenvalue weighted by Gasteiger charge is -2.13. The molecule has 17 heavy (non-hydrogen) atoms. The highest BCUT2D eigenvalue weighted by Crippen LogP contribution is 2.33. The summed E-state index contributed by atoms with van der Waals surface area (Å²) in [7, 11) is 1.43. The lowest BCUT2D eigenvalue weighted by atomic mass is 9.95. The predicted molar refractivity (Wildman–Crippen MR) is 62.9 cm³/mol. The van der Waals surface area contributed by atoms with Crippen LogP contribution in [0.15, 0.2) is 0 Å². The molecule has 0 radical (unpaired) electrons. The molecule has 0 saturated heterocycles. The first-order valence-electron chi connectivity index (χ1n) is 6.46. The van der Waals surface area contributed by atoms with Gasteiger partial charge in [0.25, 0.3) is 0 Å². The monoisotopic (exact) mass is 234 g/mol. The van der Waals surface area contributed by atoms with E-state index in [1.54, 1.807) is 0 Å². The zero-order chi connectivity index (χ0) is 11.8. The van der Waals surface area contributed by atoms with Crippen molar-refractivity contribution in [3.8, 4) is 0 Å². The Bertz CT molecular complexity index is 447. The molecule has 0 aromatic carbocycles. The summed E-state index contributed by atoms with van der Waals surface area (Å²) in [5.41, 5.74) is 2.98. The van der Waals surface area contributed by atoms with Gasteiger partial charge in [0.1, 0.15) is 0 Å². The highest BCUT2D eigenvalue weighted by Gasteiger charge is 2.29. The van der Waals surface area contributed by atoms with E-state index in [0.29, 0.717) is 5.69 Å². The van der Waals surface area contributed by atoms with Crippen LogP contribution >= 0.6 is 0 Å². The molecule has 0 unspecified atom stereocenters. The molecular formula is C13H18N2O2. The summed E-state index contributed by atoms with van der Waals surface area (Å²) in [5, 5.41) is 4.48. The zero-order valence-electron chi connectivity index (χ0n) is 10.2. The molecular weight excluding hydrogens is 216 g/mol. The number of rotatable bonds is 3. The van der Waals surface area contributed by atoms with Crippen molar-refractivity contribution in [2.75, 3.05) is 7.11 Å². The van der Waals surface area contributed by atoms with Crippen LogP contribution in [0.5, 0.6) is 0 Å². The van der Waals surface area contributed by atoms with E-state index in [0.717, 1.165) is 37.3 Å². The van der Waals surface area contributed by atoms with Crippen LogP contribution in [-0.4, -0.2) is 22.9 Å². The van der Waals surface area contributed by atoms with Crippen LogP contribution in [0.25, 0.3) is 0 Å². The number of hydrogen-bond acceptors (Lipinski definition) is 3. The number of esters is 1. The molecule has 1 aromatic heterocycles. The molecule has 2 aliphatic carbocycles. The lowest BCUT2D eigenvalue weighted by molar-refractivity contribution is 0.0591. The fourth-order valence-corrected chi connectivity index (χ4v) is 2.63. The van der Waals surface area contributed by atoms with Crippen LogP contribution in [0, 0.1) is 5.92 Å². The van der Waals surface area contributed by atoms with Crippen molar-refractivity contribution in [3.63, 3.8) is 0 Å². The molecule has 92 valence electrons. The molecule has 3 rings (SSSR count). The molecule has 0 spiro atoms. The second-order valence-corrected chi connectivity index (χ2v) is 5.10. The van der Waals surface area contributed by atoms with Gasteiger partial charge in [-0.3, -0.25) is 4.68 Å². The minimum atomic E-state index is -0.280. The minimum absolute atomic E-state index is 0.280. The number of nitrogens with zero attached hydrogens (tertiary/aromatic N) is 2. The topological polar surface area (TPSA) is 44.1 Å². The average molecular weight is 234 g/mol. The van der Waals surface area contributed by atoms with Crippen molar-refractivity contribution in [1.29, 1.82) is 0 Å². The van der Waals surface area contributed by atoms with Crippen molar-refractivity contribution < 1.29 is 9.53 Å². The van der Waals surface area contributed by atoms with E-state index in [-0.39, 0.29) is 5.97 Å². The van der Waals surface area contributed by atoms with Gasteiger partial charge in [-0.2, -0.15) is 5.10 Å². The summed E-state index contributed by atoms with van der Waals surface area (Å²) in [5.74, 6) is 0.504. The first kappa shape index (κ1) is 10.8. The number of carbonyl (C=O) groups excluding carboxylic acids is 1. The van der Waals surface area contributed by atoms with Crippen molar-refractivity contribution in [2.45, 2.75) is 45.1 Å². The summed E-state index contributed by atoms with van der Waals surface area (Å²) < 4.78 is 6.89. The van der Waals surface area contributed by atoms with E-state index in [4.69, 9.17) is 4.74 Å². The van der Waals surface area contributed by atoms with Crippen LogP contribution in [0.2, 0.25) is 0 Å². The highest BCUT2D eigenvalue weighted by atomic mass is 16.5. The molecule has 0 aliphatic heterocycles. The van der Waals surface area contributed by atoms with Crippen LogP contribution in [0.1, 0.15) is 47.4 Å². The maximum Gasteiger partial charge on any atom is 0.358 e. The van der Waals surface area contributed by atoms with E-state index < -0.39 is 0 Å². The molecule has 1 fully saturated rings. The maximum absolute atomic E-state index is 11.7. The molecule has 0 bridgehead atoms. The molecule has 0 N–H and O–H groups in total. The Morgan fingerprint density at radius 3 is 2.88 bits per heavy atom. The van der Waals surface area contributed by atoms with Gasteiger partial charge in [0.2, 0.25) is 0 Å². The van der Waals surface area contributed by atoms with Gasteiger partial charge in [-0.1, -0.05) is 0 Å². The Labute approximate surface area is 101 Å². The molecule has 0 atom stereocenters. The Morgan fingerprint density at radius 2 is 2.18 bits per heavy atom. The van der Waals surface area contributed by atoms with Gasteiger partial charge in [0, 0.05) is 17.8 Å². The zero-order valence-corrected chi connectivity index (χ0v) is 10.2. The van der Waals surface area contributed by atoms with Gasteiger partial charge < -0.3 is 4.74 Å². The number of fused-ring (bicyclic) bond motifs is 1. The van der Waals surface area contributed by atoms with Gasteiger partial charge in [-0.05, 0) is 44.4 Å². The third-order valence-electron chi connectivity index (χ3n) is 3.76. The summed E-state index contributed by atoms with van der Waals surface area (Å²) in [6.45, 7) is 0.985. The second kappa shape index (κ2) is 4.17. The molecule has 1 saturated carbocycles. The maximum atomic E-state index is 11.7. The van der Waals surface area contributed by atoms with Gasteiger partial charge in [0.15, 0.2) is 5.69 Å². The van der Waals surface area contributed by atoms with E-state index in [9.17, 15) is 4.79 Å². The van der Waals surface area contributed by atoms with Crippen LogP contribution in [-0.2, 0) is 24.1 Å². The SMILES string of the molecule is COC(=O)c1nn(CC2CC2)c2c1CCCC2. The Kier molecular flexibility index (Phi) is 2.65. The van der Waals surface area contributed by atoms with E-state index >= 15 is 0 Å². The van der Waals surface area contributed by atoms with E-state index in [2.05, 4.69) is 9.78 Å². The van der Waals surface area contributed by atoms with Gasteiger partial charge >= 0.3 is 5.97 Å². The number of carbonyl (C=O) groups is 1. The summed E-state index contributed by atoms with van der Waals surface area (Å²) in [4.78, 5) is 11.7. The number of methoxy groups -OCH3 is 1. The number of hydrogen-bond donors (Lipinski definition) is 0. The second-order valence-electron chi connectivity index (χ2n) is 5.10. The Hall–Kier alpha value is -1.32. The number of ether oxygens (including phenoxy) is 1. The fourth-order valence-electron chi connectivity index (χ4n) is 2.63. The van der Waals surface area contributed by atoms with Crippen LogP contribution < -0.4 is 0 Å².